The Hall–Kier alpha value is -0.520. The van der Waals surface area contributed by atoms with Crippen LogP contribution in [0.3, 0.4) is 0 Å². The summed E-state index contributed by atoms with van der Waals surface area (Å²) in [5.41, 5.74) is 0.0301. The molecule has 0 aliphatic rings. The van der Waals surface area contributed by atoms with Gasteiger partial charge in [-0.1, -0.05) is 27.7 Å². The van der Waals surface area contributed by atoms with E-state index < -0.39 is 0 Å². The third kappa shape index (κ3) is 5.00. The first-order valence-corrected chi connectivity index (χ1v) is 7.30. The Balaban J connectivity index is 2.60. The minimum absolute atomic E-state index is 0.0301. The minimum Gasteiger partial charge on any atom is -0.383 e. The molecule has 104 valence electrons. The van der Waals surface area contributed by atoms with Gasteiger partial charge in [0.25, 0.3) is 0 Å². The molecule has 0 aromatic carbocycles. The van der Waals surface area contributed by atoms with Crippen molar-refractivity contribution < 1.29 is 4.74 Å². The van der Waals surface area contributed by atoms with Crippen LogP contribution in [0.15, 0.2) is 0 Å². The van der Waals surface area contributed by atoms with Crippen molar-refractivity contribution in [2.75, 3.05) is 20.3 Å². The van der Waals surface area contributed by atoms with Gasteiger partial charge in [-0.25, -0.2) is 4.98 Å². The second kappa shape index (κ2) is 7.16. The molecule has 0 bridgehead atoms. The summed E-state index contributed by atoms with van der Waals surface area (Å²) in [5.74, 6) is 0.939. The van der Waals surface area contributed by atoms with E-state index in [0.29, 0.717) is 12.6 Å². The molecule has 0 aliphatic heterocycles. The molecule has 0 aliphatic carbocycles. The molecule has 18 heavy (non-hydrogen) atoms. The topological polar surface area (TPSA) is 47.0 Å². The molecule has 0 spiro atoms. The van der Waals surface area contributed by atoms with Gasteiger partial charge in [0, 0.05) is 25.0 Å². The van der Waals surface area contributed by atoms with Crippen LogP contribution in [0.1, 0.15) is 44.9 Å². The van der Waals surface area contributed by atoms with E-state index in [9.17, 15) is 0 Å². The highest BCUT2D eigenvalue weighted by Gasteiger charge is 2.20. The second-order valence-corrected chi connectivity index (χ2v) is 6.41. The van der Waals surface area contributed by atoms with Gasteiger partial charge in [-0.2, -0.15) is 4.37 Å². The molecule has 0 fully saturated rings. The van der Waals surface area contributed by atoms with Crippen LogP contribution >= 0.6 is 11.5 Å². The number of hydrogen-bond donors (Lipinski definition) is 1. The van der Waals surface area contributed by atoms with Crippen LogP contribution in [-0.2, 0) is 16.6 Å². The van der Waals surface area contributed by atoms with E-state index in [1.165, 1.54) is 11.5 Å². The van der Waals surface area contributed by atoms with Crippen LogP contribution in [-0.4, -0.2) is 35.7 Å². The van der Waals surface area contributed by atoms with Crippen molar-refractivity contribution >= 4 is 11.5 Å². The molecule has 0 saturated carbocycles. The van der Waals surface area contributed by atoms with Gasteiger partial charge in [0.1, 0.15) is 10.8 Å². The zero-order chi connectivity index (χ0) is 13.6. The zero-order valence-electron chi connectivity index (χ0n) is 12.1. The number of hydrogen-bond acceptors (Lipinski definition) is 5. The Bertz CT molecular complexity index is 346. The summed E-state index contributed by atoms with van der Waals surface area (Å²) in [6.07, 6.45) is 2.02. The fraction of sp³-hybridized carbons (Fsp3) is 0.846. The normalized spacial score (nSPS) is 13.8. The summed E-state index contributed by atoms with van der Waals surface area (Å²) in [6.45, 7) is 10.3. The largest absolute Gasteiger partial charge is 0.383 e. The average molecular weight is 271 g/mol. The van der Waals surface area contributed by atoms with E-state index in [1.54, 1.807) is 7.11 Å². The highest BCUT2D eigenvalue weighted by Crippen LogP contribution is 2.21. The van der Waals surface area contributed by atoms with E-state index >= 15 is 0 Å². The molecule has 4 nitrogen and oxygen atoms in total. The van der Waals surface area contributed by atoms with E-state index in [0.717, 1.165) is 30.2 Å². The molecule has 0 saturated heterocycles. The number of ether oxygens (including phenoxy) is 1. The van der Waals surface area contributed by atoms with Crippen molar-refractivity contribution in [3.8, 4) is 0 Å². The summed E-state index contributed by atoms with van der Waals surface area (Å²) in [6, 6.07) is 0.329. The molecule has 0 amide bonds. The molecule has 1 atom stereocenters. The van der Waals surface area contributed by atoms with Crippen LogP contribution in [0.5, 0.6) is 0 Å². The van der Waals surface area contributed by atoms with Crippen molar-refractivity contribution in [3.63, 3.8) is 0 Å². The molecule has 0 radical (unpaired) electrons. The number of methoxy groups -OCH3 is 1. The number of rotatable bonds is 7. The van der Waals surface area contributed by atoms with Crippen molar-refractivity contribution in [3.05, 3.63) is 10.8 Å². The third-order valence-electron chi connectivity index (χ3n) is 2.61. The van der Waals surface area contributed by atoms with Crippen LogP contribution < -0.4 is 5.32 Å². The summed E-state index contributed by atoms with van der Waals surface area (Å²) in [4.78, 5) is 4.62. The fourth-order valence-electron chi connectivity index (χ4n) is 1.59. The maximum absolute atomic E-state index is 5.24. The van der Waals surface area contributed by atoms with E-state index in [4.69, 9.17) is 4.74 Å². The Morgan fingerprint density at radius 3 is 2.61 bits per heavy atom. The smallest absolute Gasteiger partial charge is 0.147 e. The summed E-state index contributed by atoms with van der Waals surface area (Å²) in [7, 11) is 1.74. The lowest BCUT2D eigenvalue weighted by Gasteiger charge is -2.16. The monoisotopic (exact) mass is 271 g/mol. The molecule has 1 aromatic heterocycles. The van der Waals surface area contributed by atoms with Gasteiger partial charge in [0.2, 0.25) is 0 Å². The van der Waals surface area contributed by atoms with Gasteiger partial charge in [-0.05, 0) is 24.5 Å². The molecular formula is C13H25N3OS. The van der Waals surface area contributed by atoms with Crippen LogP contribution in [0.25, 0.3) is 0 Å². The van der Waals surface area contributed by atoms with Gasteiger partial charge in [0.05, 0.1) is 6.61 Å². The van der Waals surface area contributed by atoms with Gasteiger partial charge < -0.3 is 10.1 Å². The summed E-state index contributed by atoms with van der Waals surface area (Å²) >= 11 is 1.51. The highest BCUT2D eigenvalue weighted by atomic mass is 32.1. The third-order valence-corrected chi connectivity index (χ3v) is 3.34. The van der Waals surface area contributed by atoms with Gasteiger partial charge in [-0.15, -0.1) is 0 Å². The Kier molecular flexibility index (Phi) is 6.18. The lowest BCUT2D eigenvalue weighted by atomic mass is 9.96. The molecule has 1 heterocycles. The van der Waals surface area contributed by atoms with Crippen molar-refractivity contribution in [1.29, 1.82) is 0 Å². The van der Waals surface area contributed by atoms with E-state index in [2.05, 4.69) is 42.4 Å². The number of nitrogens with zero attached hydrogens (tertiary/aromatic N) is 2. The second-order valence-electron chi connectivity index (χ2n) is 5.57. The van der Waals surface area contributed by atoms with Crippen molar-refractivity contribution in [2.45, 2.75) is 52.0 Å². The molecular weight excluding hydrogens is 246 g/mol. The molecule has 1 rings (SSSR count). The quantitative estimate of drug-likeness (QED) is 0.827. The molecule has 5 heteroatoms. The standard InChI is InChI=1S/C13H25N3OS/c1-6-7-14-10(9-17-5)8-11-15-12(16-18-11)13(2,3)4/h10,14H,6-9H2,1-5H3. The SMILES string of the molecule is CCCNC(COC)Cc1nc(C(C)(C)C)ns1. The average Bonchev–Trinajstić information content (AvgIpc) is 2.74. The molecule has 1 aromatic rings. The predicted octanol–water partition coefficient (Wildman–Crippen LogP) is 2.39. The lowest BCUT2D eigenvalue weighted by molar-refractivity contribution is 0.166. The van der Waals surface area contributed by atoms with E-state index in [1.807, 2.05) is 0 Å². The van der Waals surface area contributed by atoms with Crippen molar-refractivity contribution in [2.24, 2.45) is 0 Å². The number of nitrogens with one attached hydrogen (secondary N) is 1. The first-order valence-electron chi connectivity index (χ1n) is 6.52. The Morgan fingerprint density at radius 2 is 2.11 bits per heavy atom. The Morgan fingerprint density at radius 1 is 1.39 bits per heavy atom. The maximum Gasteiger partial charge on any atom is 0.147 e. The highest BCUT2D eigenvalue weighted by molar-refractivity contribution is 7.05. The zero-order valence-corrected chi connectivity index (χ0v) is 12.9. The fourth-order valence-corrected chi connectivity index (χ4v) is 2.50. The first kappa shape index (κ1) is 15.5. The minimum atomic E-state index is 0.0301. The van der Waals surface area contributed by atoms with Crippen molar-refractivity contribution in [1.82, 2.24) is 14.7 Å². The first-order chi connectivity index (χ1) is 8.47. The summed E-state index contributed by atoms with van der Waals surface area (Å²) in [5, 5.41) is 4.57. The predicted molar refractivity (Wildman–Crippen MR) is 76.3 cm³/mol. The van der Waals surface area contributed by atoms with Crippen LogP contribution in [0.2, 0.25) is 0 Å². The maximum atomic E-state index is 5.24. The van der Waals surface area contributed by atoms with Crippen LogP contribution in [0, 0.1) is 0 Å². The summed E-state index contributed by atoms with van der Waals surface area (Å²) < 4.78 is 9.68. The molecule has 1 unspecified atom stereocenters. The van der Waals surface area contributed by atoms with Gasteiger partial charge >= 0.3 is 0 Å². The number of aromatic nitrogens is 2. The van der Waals surface area contributed by atoms with Gasteiger partial charge in [0.15, 0.2) is 0 Å². The van der Waals surface area contributed by atoms with E-state index in [-0.39, 0.29) is 5.41 Å². The van der Waals surface area contributed by atoms with Gasteiger partial charge in [-0.3, -0.25) is 0 Å². The molecule has 1 N–H and O–H groups in total. The Labute approximate surface area is 114 Å². The van der Waals surface area contributed by atoms with Crippen LogP contribution in [0.4, 0.5) is 0 Å². The lowest BCUT2D eigenvalue weighted by Crippen LogP contribution is -2.35.